The summed E-state index contributed by atoms with van der Waals surface area (Å²) in [6, 6.07) is 5.87. The fourth-order valence-corrected chi connectivity index (χ4v) is 3.14. The molecule has 2 aromatic rings. The Hall–Kier alpha value is -1.13. The number of aromatic amines is 1. The summed E-state index contributed by atoms with van der Waals surface area (Å²) in [5.74, 6) is 0.0677. The molecule has 0 amide bonds. The molecule has 1 unspecified atom stereocenters. The number of nitrogens with one attached hydrogen (secondary N) is 1. The SMILES string of the molecule is CC1(C(=O)c2c[nH]c3cccc(Br)c23)CCCO1. The molecule has 94 valence electrons. The molecule has 1 aromatic heterocycles. The average Bonchev–Trinajstić information content (AvgIpc) is 2.96. The molecule has 4 heteroatoms. The molecule has 2 heterocycles. The Balaban J connectivity index is 2.12. The lowest BCUT2D eigenvalue weighted by molar-refractivity contribution is 0.0215. The molecule has 0 spiro atoms. The van der Waals surface area contributed by atoms with Gasteiger partial charge in [-0.05, 0) is 31.9 Å². The highest BCUT2D eigenvalue weighted by molar-refractivity contribution is 9.10. The second-order valence-corrected chi connectivity index (χ2v) is 5.73. The highest BCUT2D eigenvalue weighted by Gasteiger charge is 2.39. The first-order valence-electron chi connectivity index (χ1n) is 6.06. The van der Waals surface area contributed by atoms with E-state index in [2.05, 4.69) is 20.9 Å². The van der Waals surface area contributed by atoms with Crippen LogP contribution in [-0.2, 0) is 4.74 Å². The molecule has 0 bridgehead atoms. The first-order chi connectivity index (χ1) is 8.62. The summed E-state index contributed by atoms with van der Waals surface area (Å²) in [4.78, 5) is 15.8. The van der Waals surface area contributed by atoms with Gasteiger partial charge in [0.25, 0.3) is 0 Å². The Bertz CT molecular complexity index is 611. The van der Waals surface area contributed by atoms with E-state index in [9.17, 15) is 4.79 Å². The third-order valence-corrected chi connectivity index (χ3v) is 4.26. The Morgan fingerprint density at radius 3 is 3.06 bits per heavy atom. The van der Waals surface area contributed by atoms with Crippen LogP contribution in [0.5, 0.6) is 0 Å². The number of halogens is 1. The molecule has 1 aliphatic rings. The van der Waals surface area contributed by atoms with Crippen molar-refractivity contribution in [2.45, 2.75) is 25.4 Å². The van der Waals surface area contributed by atoms with E-state index in [1.807, 2.05) is 25.1 Å². The summed E-state index contributed by atoms with van der Waals surface area (Å²) >= 11 is 3.51. The summed E-state index contributed by atoms with van der Waals surface area (Å²) in [5.41, 5.74) is 1.01. The maximum atomic E-state index is 12.6. The van der Waals surface area contributed by atoms with Gasteiger partial charge in [-0.2, -0.15) is 0 Å². The van der Waals surface area contributed by atoms with Gasteiger partial charge >= 0.3 is 0 Å². The number of Topliss-reactive ketones (excluding diaryl/α,β-unsaturated/α-hetero) is 1. The number of carbonyl (C=O) groups excluding carboxylic acids is 1. The molecule has 1 N–H and O–H groups in total. The van der Waals surface area contributed by atoms with Gasteiger partial charge in [0.05, 0.1) is 0 Å². The lowest BCUT2D eigenvalue weighted by atomic mass is 9.92. The quantitative estimate of drug-likeness (QED) is 0.860. The van der Waals surface area contributed by atoms with Crippen LogP contribution in [0.2, 0.25) is 0 Å². The van der Waals surface area contributed by atoms with Crippen molar-refractivity contribution in [2.24, 2.45) is 0 Å². The van der Waals surface area contributed by atoms with Crippen LogP contribution in [0.15, 0.2) is 28.9 Å². The standard InChI is InChI=1S/C14H14BrNO2/c1-14(6-3-7-18-14)13(17)9-8-16-11-5-2-4-10(15)12(9)11/h2,4-5,8,16H,3,6-7H2,1H3. The molecule has 0 radical (unpaired) electrons. The Labute approximate surface area is 114 Å². The summed E-state index contributed by atoms with van der Waals surface area (Å²) in [5, 5.41) is 0.944. The van der Waals surface area contributed by atoms with Gasteiger partial charge in [-0.15, -0.1) is 0 Å². The minimum Gasteiger partial charge on any atom is -0.367 e. The number of rotatable bonds is 2. The van der Waals surface area contributed by atoms with Gasteiger partial charge in [0.1, 0.15) is 5.60 Å². The van der Waals surface area contributed by atoms with Gasteiger partial charge in [-0.3, -0.25) is 4.79 Å². The Morgan fingerprint density at radius 1 is 1.50 bits per heavy atom. The zero-order chi connectivity index (χ0) is 12.8. The lowest BCUT2D eigenvalue weighted by Gasteiger charge is -2.21. The predicted octanol–water partition coefficient (Wildman–Crippen LogP) is 3.68. The molecular weight excluding hydrogens is 294 g/mol. The van der Waals surface area contributed by atoms with Crippen LogP contribution in [0.4, 0.5) is 0 Å². The van der Waals surface area contributed by atoms with Crippen molar-refractivity contribution in [2.75, 3.05) is 6.61 Å². The molecule has 1 aliphatic heterocycles. The van der Waals surface area contributed by atoms with Crippen molar-refractivity contribution in [3.05, 3.63) is 34.4 Å². The van der Waals surface area contributed by atoms with Gasteiger partial charge in [-0.1, -0.05) is 22.0 Å². The van der Waals surface area contributed by atoms with E-state index in [1.165, 1.54) is 0 Å². The zero-order valence-electron chi connectivity index (χ0n) is 10.1. The third kappa shape index (κ3) is 1.71. The molecule has 1 aromatic carbocycles. The van der Waals surface area contributed by atoms with Crippen LogP contribution in [0, 0.1) is 0 Å². The Morgan fingerprint density at radius 2 is 2.33 bits per heavy atom. The second kappa shape index (κ2) is 4.21. The average molecular weight is 308 g/mol. The van der Waals surface area contributed by atoms with Crippen LogP contribution in [0.3, 0.4) is 0 Å². The number of fused-ring (bicyclic) bond motifs is 1. The molecule has 1 fully saturated rings. The van der Waals surface area contributed by atoms with Gasteiger partial charge in [0.2, 0.25) is 0 Å². The third-order valence-electron chi connectivity index (χ3n) is 3.60. The van der Waals surface area contributed by atoms with Crippen molar-refractivity contribution < 1.29 is 9.53 Å². The smallest absolute Gasteiger partial charge is 0.196 e. The highest BCUT2D eigenvalue weighted by Crippen LogP contribution is 2.34. The van der Waals surface area contributed by atoms with Crippen LogP contribution >= 0.6 is 15.9 Å². The molecule has 1 atom stereocenters. The summed E-state index contributed by atoms with van der Waals surface area (Å²) < 4.78 is 6.57. The summed E-state index contributed by atoms with van der Waals surface area (Å²) in [6.07, 6.45) is 3.53. The molecule has 0 saturated carbocycles. The van der Waals surface area contributed by atoms with E-state index < -0.39 is 5.60 Å². The first-order valence-corrected chi connectivity index (χ1v) is 6.85. The number of aromatic nitrogens is 1. The molecule has 0 aliphatic carbocycles. The first kappa shape index (κ1) is 11.9. The monoisotopic (exact) mass is 307 g/mol. The van der Waals surface area contributed by atoms with E-state index in [4.69, 9.17) is 4.74 Å². The van der Waals surface area contributed by atoms with E-state index >= 15 is 0 Å². The summed E-state index contributed by atoms with van der Waals surface area (Å²) in [7, 11) is 0. The molecule has 1 saturated heterocycles. The number of carbonyl (C=O) groups is 1. The van der Waals surface area contributed by atoms with Crippen LogP contribution < -0.4 is 0 Å². The van der Waals surface area contributed by atoms with E-state index in [-0.39, 0.29) is 5.78 Å². The second-order valence-electron chi connectivity index (χ2n) is 4.88. The minimum absolute atomic E-state index is 0.0677. The maximum absolute atomic E-state index is 12.6. The van der Waals surface area contributed by atoms with Gasteiger partial charge < -0.3 is 9.72 Å². The number of hydrogen-bond donors (Lipinski definition) is 1. The number of ketones is 1. The van der Waals surface area contributed by atoms with Crippen LogP contribution in [0.1, 0.15) is 30.1 Å². The molecular formula is C14H14BrNO2. The largest absolute Gasteiger partial charge is 0.367 e. The normalized spacial score (nSPS) is 23.7. The van der Waals surface area contributed by atoms with Gasteiger partial charge in [0.15, 0.2) is 5.78 Å². The van der Waals surface area contributed by atoms with Gasteiger partial charge in [-0.25, -0.2) is 0 Å². The number of ether oxygens (including phenoxy) is 1. The molecule has 3 rings (SSSR count). The minimum atomic E-state index is -0.662. The Kier molecular flexibility index (Phi) is 2.79. The van der Waals surface area contributed by atoms with Crippen LogP contribution in [0.25, 0.3) is 10.9 Å². The number of hydrogen-bond acceptors (Lipinski definition) is 2. The van der Waals surface area contributed by atoms with E-state index in [1.54, 1.807) is 6.20 Å². The van der Waals surface area contributed by atoms with E-state index in [0.29, 0.717) is 12.2 Å². The topological polar surface area (TPSA) is 42.1 Å². The van der Waals surface area contributed by atoms with Crippen molar-refractivity contribution in [1.82, 2.24) is 4.98 Å². The maximum Gasteiger partial charge on any atom is 0.196 e. The van der Waals surface area contributed by atoms with Gasteiger partial charge in [0, 0.05) is 33.7 Å². The summed E-state index contributed by atoms with van der Waals surface area (Å²) in [6.45, 7) is 2.56. The zero-order valence-corrected chi connectivity index (χ0v) is 11.7. The van der Waals surface area contributed by atoms with E-state index in [0.717, 1.165) is 28.2 Å². The van der Waals surface area contributed by atoms with Crippen molar-refractivity contribution in [3.8, 4) is 0 Å². The van der Waals surface area contributed by atoms with Crippen molar-refractivity contribution in [3.63, 3.8) is 0 Å². The number of H-pyrrole nitrogens is 1. The lowest BCUT2D eigenvalue weighted by Crippen LogP contribution is -2.34. The molecule has 3 nitrogen and oxygen atoms in total. The highest BCUT2D eigenvalue weighted by atomic mass is 79.9. The molecule has 18 heavy (non-hydrogen) atoms. The predicted molar refractivity (Wildman–Crippen MR) is 73.9 cm³/mol. The van der Waals surface area contributed by atoms with Crippen molar-refractivity contribution in [1.29, 1.82) is 0 Å². The fraction of sp³-hybridized carbons (Fsp3) is 0.357. The number of benzene rings is 1. The fourth-order valence-electron chi connectivity index (χ4n) is 2.56. The van der Waals surface area contributed by atoms with Crippen LogP contribution in [-0.4, -0.2) is 23.0 Å². The van der Waals surface area contributed by atoms with Crippen molar-refractivity contribution >= 4 is 32.6 Å².